The molecule has 708 valence electrons. The van der Waals surface area contributed by atoms with Gasteiger partial charge in [-0.05, 0) is 146 Å². The number of unbranched alkanes of at least 4 members (excludes halogenated alkanes) is 54. The van der Waals surface area contributed by atoms with Gasteiger partial charge in [0.1, 0.15) is 0 Å². The van der Waals surface area contributed by atoms with E-state index in [2.05, 4.69) is 75.9 Å². The molecule has 0 N–H and O–H groups in total. The van der Waals surface area contributed by atoms with Gasteiger partial charge in [0.15, 0.2) is 34.5 Å². The molecule has 4 aromatic carbocycles. The second kappa shape index (κ2) is 77.8. The minimum absolute atomic E-state index is 0.355. The van der Waals surface area contributed by atoms with Gasteiger partial charge in [-0.25, -0.2) is 28.8 Å². The van der Waals surface area contributed by atoms with E-state index in [0.717, 1.165) is 298 Å². The summed E-state index contributed by atoms with van der Waals surface area (Å²) < 4.78 is 73.1. The molecule has 0 spiro atoms. The zero-order valence-electron chi connectivity index (χ0n) is 78.4. The van der Waals surface area contributed by atoms with Crippen molar-refractivity contribution in [3.63, 3.8) is 0 Å². The van der Waals surface area contributed by atoms with Crippen molar-refractivity contribution in [2.45, 2.75) is 385 Å². The molecule has 0 saturated heterocycles. The Morgan fingerprint density at radius 3 is 0.333 bits per heavy atom. The van der Waals surface area contributed by atoms with Crippen LogP contribution in [0.2, 0.25) is 0 Å². The smallest absolute Gasteiger partial charge is 0.330 e. The number of hydrogen-bond donors (Lipinski definition) is 0. The molecule has 0 aliphatic carbocycles. The van der Waals surface area contributed by atoms with Crippen LogP contribution >= 0.6 is 0 Å². The lowest BCUT2D eigenvalue weighted by atomic mass is 9.93. The topological polar surface area (TPSA) is 213 Å². The van der Waals surface area contributed by atoms with Crippen molar-refractivity contribution in [2.75, 3.05) is 79.3 Å². The minimum Gasteiger partial charge on any atom is -0.490 e. The number of hydrogen-bond acceptors (Lipinski definition) is 18. The zero-order chi connectivity index (χ0) is 90.3. The van der Waals surface area contributed by atoms with Crippen molar-refractivity contribution in [1.82, 2.24) is 0 Å². The summed E-state index contributed by atoms with van der Waals surface area (Å²) in [6.45, 7) is 27.0. The Morgan fingerprint density at radius 1 is 0.151 bits per heavy atom. The van der Waals surface area contributed by atoms with Gasteiger partial charge >= 0.3 is 35.8 Å². The highest BCUT2D eigenvalue weighted by atomic mass is 16.6. The third-order valence-electron chi connectivity index (χ3n) is 23.4. The molecule has 0 heterocycles. The first-order valence-corrected chi connectivity index (χ1v) is 50.0. The number of fused-ring (bicyclic) bond motifs is 6. The first-order valence-electron chi connectivity index (χ1n) is 50.0. The summed E-state index contributed by atoms with van der Waals surface area (Å²) in [6.07, 6.45) is 73.1. The molecule has 4 rings (SSSR count). The van der Waals surface area contributed by atoms with Crippen molar-refractivity contribution in [3.05, 3.63) is 112 Å². The largest absolute Gasteiger partial charge is 0.490 e. The SMILES string of the molecule is C=CC(=O)OCCCCCCCCCCCCOc1cc2c3cc(OCCCCCCCCCCCCOC(=O)C=C)c(OCCCCCCCCCCCCOC(=O)C=C)cc3c3cc(OCCCCCCCCCCCCOC(=O)C=C)c(OCCCCCCCCCCCCOC(=O)C=C)cc3c2cc1OCCCCCCCCCCCCOC(=O)C=C. The second-order valence-electron chi connectivity index (χ2n) is 34.1. The van der Waals surface area contributed by atoms with E-state index in [1.165, 1.54) is 191 Å². The van der Waals surface area contributed by atoms with E-state index in [-0.39, 0.29) is 35.8 Å². The highest BCUT2D eigenvalue weighted by Crippen LogP contribution is 2.48. The van der Waals surface area contributed by atoms with Gasteiger partial charge in [0.05, 0.1) is 79.3 Å². The van der Waals surface area contributed by atoms with Crippen LogP contribution in [0.25, 0.3) is 32.3 Å². The third-order valence-corrected chi connectivity index (χ3v) is 23.4. The van der Waals surface area contributed by atoms with Crippen LogP contribution in [-0.2, 0) is 57.2 Å². The van der Waals surface area contributed by atoms with Crippen LogP contribution < -0.4 is 28.4 Å². The van der Waals surface area contributed by atoms with Crippen molar-refractivity contribution < 1.29 is 85.6 Å². The van der Waals surface area contributed by atoms with E-state index in [9.17, 15) is 28.8 Å². The highest BCUT2D eigenvalue weighted by Gasteiger charge is 2.22. The molecular formula is C108H168O18. The third kappa shape index (κ3) is 55.5. The van der Waals surface area contributed by atoms with E-state index in [4.69, 9.17) is 56.8 Å². The lowest BCUT2D eigenvalue weighted by Crippen LogP contribution is -2.05. The quantitative estimate of drug-likeness (QED) is 0.0132. The first-order chi connectivity index (χ1) is 62.0. The maximum Gasteiger partial charge on any atom is 0.330 e. The van der Waals surface area contributed by atoms with Crippen LogP contribution in [0, 0.1) is 0 Å². The standard InChI is InChI=1S/C108H168O18/c1-7-103(109)121-79-67-55-43-31-19-13-25-37-49-61-73-115-97-85-91-92(86-98(97)116-74-62-50-38-26-14-20-32-44-56-68-80-122-104(110)8-2)94-88-100(118-76-64-52-40-28-16-22-34-46-58-70-82-124-106(112)10-4)102(120-78-66-54-42-30-18-24-36-48-60-72-84-126-108(114)12-6)90-96(94)95-89-101(119-77-65-53-41-29-17-23-35-47-59-71-83-125-107(113)11-5)99(87-93(91)95)117-75-63-51-39-27-15-21-33-45-57-69-81-123-105(111)9-3/h7-12,85-90H,1-6,13-84H2. The van der Waals surface area contributed by atoms with E-state index < -0.39 is 0 Å². The van der Waals surface area contributed by atoms with Crippen LogP contribution in [0.3, 0.4) is 0 Å². The Labute approximate surface area is 761 Å². The summed E-state index contributed by atoms with van der Waals surface area (Å²) in [5.41, 5.74) is 0. The zero-order valence-corrected chi connectivity index (χ0v) is 78.4. The van der Waals surface area contributed by atoms with Gasteiger partial charge in [-0.1, -0.05) is 348 Å². The summed E-state index contributed by atoms with van der Waals surface area (Å²) in [6, 6.07) is 13.4. The second-order valence-corrected chi connectivity index (χ2v) is 34.1. The molecule has 0 saturated carbocycles. The summed E-state index contributed by atoms with van der Waals surface area (Å²) in [5, 5.41) is 6.22. The Morgan fingerprint density at radius 2 is 0.238 bits per heavy atom. The van der Waals surface area contributed by atoms with Gasteiger partial charge in [-0.3, -0.25) is 0 Å². The molecule has 18 nitrogen and oxygen atoms in total. The fraction of sp³-hybridized carbons (Fsp3) is 0.667. The van der Waals surface area contributed by atoms with Gasteiger partial charge in [0.25, 0.3) is 0 Å². The predicted octanol–water partition coefficient (Wildman–Crippen LogP) is 29.2. The van der Waals surface area contributed by atoms with Crippen molar-refractivity contribution >= 4 is 68.1 Å². The normalized spacial score (nSPS) is 11.1. The molecule has 0 aliphatic heterocycles. The number of rotatable bonds is 90. The van der Waals surface area contributed by atoms with Crippen LogP contribution in [0.5, 0.6) is 34.5 Å². The molecule has 0 aromatic heterocycles. The number of esters is 6. The van der Waals surface area contributed by atoms with Gasteiger partial charge in [-0.2, -0.15) is 0 Å². The summed E-state index contributed by atoms with van der Waals surface area (Å²) in [5.74, 6) is 2.29. The Balaban J connectivity index is 1.73. The molecule has 4 aromatic rings. The molecule has 0 bridgehead atoms. The van der Waals surface area contributed by atoms with Crippen LogP contribution in [0.15, 0.2) is 112 Å². The average molecular weight is 1750 g/mol. The summed E-state index contributed by atoms with van der Waals surface area (Å²) >= 11 is 0. The first kappa shape index (κ1) is 110. The lowest BCUT2D eigenvalue weighted by molar-refractivity contribution is -0.138. The van der Waals surface area contributed by atoms with E-state index in [1.807, 2.05) is 0 Å². The monoisotopic (exact) mass is 1750 g/mol. The summed E-state index contributed by atoms with van der Waals surface area (Å²) in [4.78, 5) is 68.8. The van der Waals surface area contributed by atoms with Crippen molar-refractivity contribution in [2.24, 2.45) is 0 Å². The molecule has 0 aliphatic rings. The van der Waals surface area contributed by atoms with Gasteiger partial charge in [0, 0.05) is 36.5 Å². The van der Waals surface area contributed by atoms with Gasteiger partial charge in [0.2, 0.25) is 0 Å². The summed E-state index contributed by atoms with van der Waals surface area (Å²) in [7, 11) is 0. The van der Waals surface area contributed by atoms with Crippen LogP contribution in [0.4, 0.5) is 0 Å². The molecule has 0 amide bonds. The number of carbonyl (C=O) groups is 6. The molecule has 0 atom stereocenters. The van der Waals surface area contributed by atoms with Gasteiger partial charge < -0.3 is 56.8 Å². The Hall–Kier alpha value is -8.28. The number of ether oxygens (including phenoxy) is 12. The fourth-order valence-corrected chi connectivity index (χ4v) is 15.9. The molecule has 126 heavy (non-hydrogen) atoms. The fourth-order valence-electron chi connectivity index (χ4n) is 15.9. The maximum absolute atomic E-state index is 11.5. The molecule has 0 unspecified atom stereocenters. The highest BCUT2D eigenvalue weighted by molar-refractivity contribution is 6.27. The van der Waals surface area contributed by atoms with Crippen molar-refractivity contribution in [1.29, 1.82) is 0 Å². The molecule has 18 heteroatoms. The van der Waals surface area contributed by atoms with Crippen LogP contribution in [0.1, 0.15) is 385 Å². The predicted molar refractivity (Wildman–Crippen MR) is 516 cm³/mol. The van der Waals surface area contributed by atoms with Crippen molar-refractivity contribution in [3.8, 4) is 34.5 Å². The molecular weight excluding hydrogens is 1590 g/mol. The van der Waals surface area contributed by atoms with E-state index >= 15 is 0 Å². The number of carbonyl (C=O) groups excluding carboxylic acids is 6. The molecule has 0 fully saturated rings. The maximum atomic E-state index is 11.5. The van der Waals surface area contributed by atoms with Crippen LogP contribution in [-0.4, -0.2) is 115 Å². The minimum atomic E-state index is -0.355. The number of benzene rings is 4. The van der Waals surface area contributed by atoms with Gasteiger partial charge in [-0.15, -0.1) is 0 Å². The Bertz CT molecular complexity index is 2970. The van der Waals surface area contributed by atoms with E-state index in [0.29, 0.717) is 79.3 Å². The average Bonchev–Trinajstić information content (AvgIpc) is 0.725. The van der Waals surface area contributed by atoms with E-state index in [1.54, 1.807) is 0 Å². The lowest BCUT2D eigenvalue weighted by Gasteiger charge is -2.21. The molecule has 0 radical (unpaired) electrons. The Kier molecular flexibility index (Phi) is 68.0.